The number of nitrogens with zero attached hydrogens (tertiary/aromatic N) is 3. The van der Waals surface area contributed by atoms with Crippen molar-refractivity contribution in [2.24, 2.45) is 0 Å². The quantitative estimate of drug-likeness (QED) is 0.713. The Hall–Kier alpha value is -2.20. The zero-order valence-corrected chi connectivity index (χ0v) is 19.4. The van der Waals surface area contributed by atoms with Crippen LogP contribution in [0, 0.1) is 13.8 Å². The number of alkyl halides is 3. The minimum atomic E-state index is -4.43. The predicted octanol–water partition coefficient (Wildman–Crippen LogP) is 4.19. The van der Waals surface area contributed by atoms with Crippen LogP contribution in [-0.2, 0) is 16.0 Å². The highest BCUT2D eigenvalue weighted by atomic mass is 32.1. The topological polar surface area (TPSA) is 67.4 Å². The first-order chi connectivity index (χ1) is 14.9. The van der Waals surface area contributed by atoms with E-state index in [2.05, 4.69) is 10.3 Å². The van der Waals surface area contributed by atoms with E-state index in [4.69, 9.17) is 9.72 Å². The van der Waals surface area contributed by atoms with Crippen LogP contribution in [0.15, 0.2) is 12.1 Å². The van der Waals surface area contributed by atoms with Gasteiger partial charge in [-0.3, -0.25) is 9.78 Å². The van der Waals surface area contributed by atoms with E-state index in [9.17, 15) is 18.0 Å². The number of carbonyl (C=O) groups excluding carboxylic acids is 1. The van der Waals surface area contributed by atoms with Crippen LogP contribution >= 0.6 is 11.3 Å². The van der Waals surface area contributed by atoms with Crippen LogP contribution in [0.5, 0.6) is 0 Å². The normalized spacial score (nSPS) is 22.7. The van der Waals surface area contributed by atoms with Crippen molar-refractivity contribution in [3.8, 4) is 10.4 Å². The molecule has 0 aromatic carbocycles. The second kappa shape index (κ2) is 8.30. The molecule has 2 aliphatic rings. The van der Waals surface area contributed by atoms with Crippen molar-refractivity contribution in [1.82, 2.24) is 15.3 Å². The summed E-state index contributed by atoms with van der Waals surface area (Å²) in [6.45, 7) is 7.02. The molecule has 174 valence electrons. The summed E-state index contributed by atoms with van der Waals surface area (Å²) < 4.78 is 45.3. The summed E-state index contributed by atoms with van der Waals surface area (Å²) >= 11 is 1.39. The summed E-state index contributed by atoms with van der Waals surface area (Å²) in [7, 11) is 0. The van der Waals surface area contributed by atoms with E-state index in [-0.39, 0.29) is 18.0 Å². The first-order valence-electron chi connectivity index (χ1n) is 10.7. The van der Waals surface area contributed by atoms with Gasteiger partial charge in [0.25, 0.3) is 0 Å². The van der Waals surface area contributed by atoms with Crippen LogP contribution in [-0.4, -0.2) is 52.9 Å². The summed E-state index contributed by atoms with van der Waals surface area (Å²) in [6, 6.07) is 3.93. The number of amides is 1. The molecule has 32 heavy (non-hydrogen) atoms. The van der Waals surface area contributed by atoms with Crippen LogP contribution in [0.4, 0.5) is 18.3 Å². The lowest BCUT2D eigenvalue weighted by Crippen LogP contribution is -2.52. The van der Waals surface area contributed by atoms with Crippen LogP contribution in [0.1, 0.15) is 43.8 Å². The number of morpholine rings is 1. The fraction of sp³-hybridized carbons (Fsp3) is 0.591. The molecular formula is C22H27F3N4O2S. The number of nitrogens with one attached hydrogen (secondary N) is 1. The molecule has 2 aromatic heterocycles. The SMILES string of the molecule is CC(=O)NC1(Cc2nc(N3CC(C)OC(C(F)(F)F)C3)sc2-c2cc(C)nc(C)c2)CC1. The molecule has 0 spiro atoms. The van der Waals surface area contributed by atoms with Gasteiger partial charge in [0.05, 0.1) is 23.2 Å². The van der Waals surface area contributed by atoms with Gasteiger partial charge in [-0.1, -0.05) is 11.3 Å². The fourth-order valence-corrected chi connectivity index (χ4v) is 5.35. The van der Waals surface area contributed by atoms with Crippen molar-refractivity contribution in [2.45, 2.75) is 70.9 Å². The molecule has 1 amide bonds. The Morgan fingerprint density at radius 3 is 2.47 bits per heavy atom. The van der Waals surface area contributed by atoms with Crippen molar-refractivity contribution in [2.75, 3.05) is 18.0 Å². The molecule has 2 aromatic rings. The van der Waals surface area contributed by atoms with Gasteiger partial charge in [-0.25, -0.2) is 4.98 Å². The molecule has 1 aliphatic heterocycles. The van der Waals surface area contributed by atoms with Crippen molar-refractivity contribution in [3.05, 3.63) is 29.2 Å². The molecule has 1 saturated carbocycles. The molecule has 4 rings (SSSR count). The molecule has 0 radical (unpaired) electrons. The zero-order chi connectivity index (χ0) is 23.3. The van der Waals surface area contributed by atoms with Crippen LogP contribution in [0.25, 0.3) is 10.4 Å². The van der Waals surface area contributed by atoms with E-state index in [0.29, 0.717) is 18.1 Å². The molecule has 2 unspecified atom stereocenters. The number of rotatable bonds is 5. The summed E-state index contributed by atoms with van der Waals surface area (Å²) in [5.74, 6) is -0.0925. The zero-order valence-electron chi connectivity index (χ0n) is 18.5. The van der Waals surface area contributed by atoms with E-state index < -0.39 is 18.4 Å². The molecule has 6 nitrogen and oxygen atoms in total. The Morgan fingerprint density at radius 2 is 1.91 bits per heavy atom. The molecule has 3 heterocycles. The highest BCUT2D eigenvalue weighted by molar-refractivity contribution is 7.19. The molecule has 1 aliphatic carbocycles. The Labute approximate surface area is 189 Å². The lowest BCUT2D eigenvalue weighted by atomic mass is 10.0. The smallest absolute Gasteiger partial charge is 0.362 e. The van der Waals surface area contributed by atoms with Crippen molar-refractivity contribution in [1.29, 1.82) is 0 Å². The Kier molecular flexibility index (Phi) is 5.96. The number of pyridine rings is 1. The Balaban J connectivity index is 1.71. The summed E-state index contributed by atoms with van der Waals surface area (Å²) in [5.41, 5.74) is 3.14. The maximum absolute atomic E-state index is 13.4. The van der Waals surface area contributed by atoms with Crippen molar-refractivity contribution < 1.29 is 22.7 Å². The first kappa shape index (κ1) is 23.0. The highest BCUT2D eigenvalue weighted by Crippen LogP contribution is 2.44. The average Bonchev–Trinajstić information content (AvgIpc) is 3.26. The molecule has 10 heteroatoms. The number of ether oxygens (including phenoxy) is 1. The largest absolute Gasteiger partial charge is 0.416 e. The monoisotopic (exact) mass is 468 g/mol. The molecular weight excluding hydrogens is 441 g/mol. The Morgan fingerprint density at radius 1 is 1.25 bits per heavy atom. The van der Waals surface area contributed by atoms with Gasteiger partial charge < -0.3 is 15.0 Å². The van der Waals surface area contributed by atoms with Crippen molar-refractivity contribution >= 4 is 22.4 Å². The molecule has 1 N–H and O–H groups in total. The third kappa shape index (κ3) is 5.06. The second-order valence-corrected chi connectivity index (χ2v) is 9.91. The number of hydrogen-bond donors (Lipinski definition) is 1. The third-order valence-corrected chi connectivity index (χ3v) is 6.93. The lowest BCUT2D eigenvalue weighted by molar-refractivity contribution is -0.233. The van der Waals surface area contributed by atoms with Gasteiger partial charge in [0.15, 0.2) is 11.2 Å². The lowest BCUT2D eigenvalue weighted by Gasteiger charge is -2.37. The van der Waals surface area contributed by atoms with Gasteiger partial charge in [0.2, 0.25) is 5.91 Å². The number of anilines is 1. The van der Waals surface area contributed by atoms with Gasteiger partial charge in [-0.05, 0) is 51.3 Å². The van der Waals surface area contributed by atoms with Gasteiger partial charge >= 0.3 is 6.18 Å². The molecule has 2 atom stereocenters. The van der Waals surface area contributed by atoms with Gasteiger partial charge in [-0.15, -0.1) is 0 Å². The predicted molar refractivity (Wildman–Crippen MR) is 117 cm³/mol. The first-order valence-corrected chi connectivity index (χ1v) is 11.5. The van der Waals surface area contributed by atoms with E-state index >= 15 is 0 Å². The minimum absolute atomic E-state index is 0.0925. The second-order valence-electron chi connectivity index (χ2n) is 8.93. The molecule has 2 fully saturated rings. The standard InChI is InChI=1S/C22H27F3N4O2S/c1-12-7-16(8-13(2)26-12)19-17(9-21(5-6-21)28-15(4)30)27-20(32-19)29-10-14(3)31-18(11-29)22(23,24)25/h7-8,14,18H,5-6,9-11H2,1-4H3,(H,28,30). The van der Waals surface area contributed by atoms with E-state index in [1.165, 1.54) is 18.3 Å². The molecule has 0 bridgehead atoms. The van der Waals surface area contributed by atoms with Crippen LogP contribution in [0.3, 0.4) is 0 Å². The van der Waals surface area contributed by atoms with E-state index in [1.54, 1.807) is 11.8 Å². The average molecular weight is 469 g/mol. The minimum Gasteiger partial charge on any atom is -0.362 e. The number of hydrogen-bond acceptors (Lipinski definition) is 6. The third-order valence-electron chi connectivity index (χ3n) is 5.73. The Bertz CT molecular complexity index is 999. The number of halogens is 3. The number of thiazole rings is 1. The van der Waals surface area contributed by atoms with Crippen LogP contribution in [0.2, 0.25) is 0 Å². The van der Waals surface area contributed by atoms with E-state index in [1.807, 2.05) is 26.0 Å². The van der Waals surface area contributed by atoms with Crippen LogP contribution < -0.4 is 10.2 Å². The number of aromatic nitrogens is 2. The van der Waals surface area contributed by atoms with Crippen molar-refractivity contribution in [3.63, 3.8) is 0 Å². The van der Waals surface area contributed by atoms with Gasteiger partial charge in [0, 0.05) is 36.8 Å². The number of carbonyl (C=O) groups is 1. The maximum atomic E-state index is 13.4. The highest BCUT2D eigenvalue weighted by Gasteiger charge is 2.47. The summed E-state index contributed by atoms with van der Waals surface area (Å²) in [4.78, 5) is 23.5. The summed E-state index contributed by atoms with van der Waals surface area (Å²) in [5, 5.41) is 3.58. The van der Waals surface area contributed by atoms with E-state index in [0.717, 1.165) is 40.4 Å². The molecule has 1 saturated heterocycles. The maximum Gasteiger partial charge on any atom is 0.416 e. The summed E-state index contributed by atoms with van der Waals surface area (Å²) in [6.07, 6.45) is -4.58. The fourth-order valence-electron chi connectivity index (χ4n) is 4.26. The van der Waals surface area contributed by atoms with Gasteiger partial charge in [-0.2, -0.15) is 13.2 Å². The van der Waals surface area contributed by atoms with Gasteiger partial charge in [0.1, 0.15) is 0 Å². The number of aryl methyl sites for hydroxylation is 2.